The Morgan fingerprint density at radius 2 is 2.29 bits per heavy atom. The molecule has 76 valence electrons. The molecule has 0 saturated carbocycles. The Morgan fingerprint density at radius 1 is 1.50 bits per heavy atom. The van der Waals surface area contributed by atoms with Crippen LogP contribution in [0.3, 0.4) is 0 Å². The molecule has 1 aromatic rings. The molecule has 1 fully saturated rings. The molecule has 1 aliphatic rings. The van der Waals surface area contributed by atoms with Crippen LogP contribution in [0.25, 0.3) is 0 Å². The van der Waals surface area contributed by atoms with Crippen molar-refractivity contribution in [2.45, 2.75) is 18.9 Å². The first kappa shape index (κ1) is 9.68. The average Bonchev–Trinajstić information content (AvgIpc) is 2.72. The minimum Gasteiger partial charge on any atom is -0.349 e. The molecule has 1 saturated heterocycles. The predicted octanol–water partition coefficient (Wildman–Crippen LogP) is 1.23. The summed E-state index contributed by atoms with van der Waals surface area (Å²) in [4.78, 5) is 11.6. The molecule has 3 nitrogen and oxygen atoms in total. The third-order valence-electron chi connectivity index (χ3n) is 2.46. The van der Waals surface area contributed by atoms with Gasteiger partial charge in [0.25, 0.3) is 5.91 Å². The third kappa shape index (κ3) is 2.33. The predicted molar refractivity (Wildman–Crippen MR) is 57.7 cm³/mol. The highest BCUT2D eigenvalue weighted by atomic mass is 32.1. The van der Waals surface area contributed by atoms with Gasteiger partial charge >= 0.3 is 0 Å². The Labute approximate surface area is 87.5 Å². The quantitative estimate of drug-likeness (QED) is 0.771. The molecule has 0 spiro atoms. The summed E-state index contributed by atoms with van der Waals surface area (Å²) >= 11 is 1.56. The average molecular weight is 210 g/mol. The van der Waals surface area contributed by atoms with Crippen LogP contribution in [-0.2, 0) is 0 Å². The van der Waals surface area contributed by atoms with Crippen LogP contribution in [0.2, 0.25) is 0 Å². The molecule has 1 aromatic heterocycles. The van der Waals surface area contributed by atoms with Gasteiger partial charge in [0.2, 0.25) is 0 Å². The van der Waals surface area contributed by atoms with Gasteiger partial charge < -0.3 is 10.6 Å². The molecule has 0 unspecified atom stereocenters. The monoisotopic (exact) mass is 210 g/mol. The Balaban J connectivity index is 1.87. The zero-order chi connectivity index (χ0) is 9.80. The van der Waals surface area contributed by atoms with Crippen molar-refractivity contribution >= 4 is 17.2 Å². The van der Waals surface area contributed by atoms with Gasteiger partial charge in [-0.3, -0.25) is 4.79 Å². The lowest BCUT2D eigenvalue weighted by molar-refractivity contribution is 0.0930. The number of carbonyl (C=O) groups excluding carboxylic acids is 1. The highest BCUT2D eigenvalue weighted by Crippen LogP contribution is 2.08. The first-order valence-electron chi connectivity index (χ1n) is 4.90. The van der Waals surface area contributed by atoms with Crippen LogP contribution < -0.4 is 10.6 Å². The molecule has 0 aromatic carbocycles. The van der Waals surface area contributed by atoms with Crippen molar-refractivity contribution in [3.05, 3.63) is 22.4 Å². The van der Waals surface area contributed by atoms with Gasteiger partial charge in [0, 0.05) is 17.0 Å². The summed E-state index contributed by atoms with van der Waals surface area (Å²) in [6.07, 6.45) is 2.08. The molecule has 14 heavy (non-hydrogen) atoms. The van der Waals surface area contributed by atoms with Crippen molar-refractivity contribution in [3.63, 3.8) is 0 Å². The normalized spacial score (nSPS) is 18.0. The number of carbonyl (C=O) groups is 1. The highest BCUT2D eigenvalue weighted by molar-refractivity contribution is 7.08. The number of nitrogens with one attached hydrogen (secondary N) is 2. The van der Waals surface area contributed by atoms with E-state index in [0.29, 0.717) is 6.04 Å². The summed E-state index contributed by atoms with van der Waals surface area (Å²) in [5.41, 5.74) is 0.786. The zero-order valence-corrected chi connectivity index (χ0v) is 8.77. The van der Waals surface area contributed by atoms with E-state index in [9.17, 15) is 4.79 Å². The summed E-state index contributed by atoms with van der Waals surface area (Å²) in [5, 5.41) is 10.1. The number of piperidine rings is 1. The lowest BCUT2D eigenvalue weighted by Crippen LogP contribution is -2.42. The van der Waals surface area contributed by atoms with Crippen LogP contribution in [-0.4, -0.2) is 25.0 Å². The van der Waals surface area contributed by atoms with Crippen molar-refractivity contribution in [2.75, 3.05) is 13.1 Å². The third-order valence-corrected chi connectivity index (χ3v) is 3.14. The fourth-order valence-corrected chi connectivity index (χ4v) is 2.26. The number of thiophene rings is 1. The Hall–Kier alpha value is -0.870. The van der Waals surface area contributed by atoms with Gasteiger partial charge in [-0.15, -0.1) is 0 Å². The van der Waals surface area contributed by atoms with Gasteiger partial charge in [-0.2, -0.15) is 11.3 Å². The number of hydrogen-bond donors (Lipinski definition) is 2. The van der Waals surface area contributed by atoms with Crippen LogP contribution >= 0.6 is 11.3 Å². The van der Waals surface area contributed by atoms with E-state index >= 15 is 0 Å². The zero-order valence-electron chi connectivity index (χ0n) is 7.95. The summed E-state index contributed by atoms with van der Waals surface area (Å²) in [6, 6.07) is 2.21. The maximum absolute atomic E-state index is 11.6. The number of amides is 1. The number of rotatable bonds is 2. The minimum atomic E-state index is 0.0677. The maximum Gasteiger partial charge on any atom is 0.252 e. The van der Waals surface area contributed by atoms with Crippen LogP contribution in [0, 0.1) is 0 Å². The fraction of sp³-hybridized carbons (Fsp3) is 0.500. The number of hydrogen-bond acceptors (Lipinski definition) is 3. The van der Waals surface area contributed by atoms with Crippen molar-refractivity contribution in [1.29, 1.82) is 0 Å². The molecule has 2 N–H and O–H groups in total. The molecular weight excluding hydrogens is 196 g/mol. The highest BCUT2D eigenvalue weighted by Gasteiger charge is 2.16. The molecular formula is C10H14N2OS. The standard InChI is InChI=1S/C10H14N2OS/c13-10(8-3-6-14-7-8)12-9-1-4-11-5-2-9/h3,6-7,9,11H,1-2,4-5H2,(H,12,13). The Morgan fingerprint density at radius 3 is 2.93 bits per heavy atom. The van der Waals surface area contributed by atoms with Crippen LogP contribution in [0.4, 0.5) is 0 Å². The molecule has 0 radical (unpaired) electrons. The van der Waals surface area contributed by atoms with Gasteiger partial charge in [0.1, 0.15) is 0 Å². The topological polar surface area (TPSA) is 41.1 Å². The first-order chi connectivity index (χ1) is 6.86. The first-order valence-corrected chi connectivity index (χ1v) is 5.84. The van der Waals surface area contributed by atoms with E-state index in [2.05, 4.69) is 10.6 Å². The Kier molecular flexibility index (Phi) is 3.16. The SMILES string of the molecule is O=C(NC1CCNCC1)c1ccsc1. The second-order valence-corrected chi connectivity index (χ2v) is 4.29. The Bertz CT molecular complexity index is 291. The van der Waals surface area contributed by atoms with E-state index in [0.717, 1.165) is 31.5 Å². The van der Waals surface area contributed by atoms with Gasteiger partial charge in [-0.05, 0) is 37.4 Å². The van der Waals surface area contributed by atoms with E-state index in [1.807, 2.05) is 16.8 Å². The summed E-state index contributed by atoms with van der Waals surface area (Å²) in [7, 11) is 0. The lowest BCUT2D eigenvalue weighted by Gasteiger charge is -2.23. The van der Waals surface area contributed by atoms with Crippen molar-refractivity contribution in [3.8, 4) is 0 Å². The molecule has 1 aliphatic heterocycles. The molecule has 2 heterocycles. The van der Waals surface area contributed by atoms with Crippen LogP contribution in [0.1, 0.15) is 23.2 Å². The van der Waals surface area contributed by atoms with E-state index in [4.69, 9.17) is 0 Å². The summed E-state index contributed by atoms with van der Waals surface area (Å²) in [5.74, 6) is 0.0677. The van der Waals surface area contributed by atoms with E-state index in [1.165, 1.54) is 0 Å². The van der Waals surface area contributed by atoms with E-state index < -0.39 is 0 Å². The van der Waals surface area contributed by atoms with Crippen LogP contribution in [0.15, 0.2) is 16.8 Å². The smallest absolute Gasteiger partial charge is 0.252 e. The lowest BCUT2D eigenvalue weighted by atomic mass is 10.1. The van der Waals surface area contributed by atoms with Gasteiger partial charge in [-0.25, -0.2) is 0 Å². The fourth-order valence-electron chi connectivity index (χ4n) is 1.63. The van der Waals surface area contributed by atoms with E-state index in [-0.39, 0.29) is 5.91 Å². The summed E-state index contributed by atoms with van der Waals surface area (Å²) in [6.45, 7) is 2.02. The van der Waals surface area contributed by atoms with Gasteiger partial charge in [-0.1, -0.05) is 0 Å². The second-order valence-electron chi connectivity index (χ2n) is 3.51. The molecule has 2 rings (SSSR count). The van der Waals surface area contributed by atoms with Gasteiger partial charge in [0.15, 0.2) is 0 Å². The van der Waals surface area contributed by atoms with Crippen molar-refractivity contribution < 1.29 is 4.79 Å². The second kappa shape index (κ2) is 4.57. The molecule has 1 amide bonds. The molecule has 0 atom stereocenters. The van der Waals surface area contributed by atoms with Crippen LogP contribution in [0.5, 0.6) is 0 Å². The largest absolute Gasteiger partial charge is 0.349 e. The van der Waals surface area contributed by atoms with E-state index in [1.54, 1.807) is 11.3 Å². The molecule has 0 aliphatic carbocycles. The van der Waals surface area contributed by atoms with Crippen molar-refractivity contribution in [1.82, 2.24) is 10.6 Å². The van der Waals surface area contributed by atoms with Crippen molar-refractivity contribution in [2.24, 2.45) is 0 Å². The molecule has 4 heteroatoms. The van der Waals surface area contributed by atoms with Gasteiger partial charge in [0.05, 0.1) is 0 Å². The summed E-state index contributed by atoms with van der Waals surface area (Å²) < 4.78 is 0. The minimum absolute atomic E-state index is 0.0677. The maximum atomic E-state index is 11.6. The molecule has 0 bridgehead atoms.